The first-order valence-corrected chi connectivity index (χ1v) is 8.27. The second-order valence-electron chi connectivity index (χ2n) is 5.48. The van der Waals surface area contributed by atoms with Crippen molar-refractivity contribution in [3.8, 4) is 5.75 Å². The van der Waals surface area contributed by atoms with Gasteiger partial charge < -0.3 is 14.8 Å². The van der Waals surface area contributed by atoms with E-state index < -0.39 is 5.97 Å². The molecule has 0 saturated heterocycles. The summed E-state index contributed by atoms with van der Waals surface area (Å²) in [5, 5.41) is 3.31. The molecule has 0 fully saturated rings. The maximum absolute atomic E-state index is 11.7. The van der Waals surface area contributed by atoms with Crippen LogP contribution in [0.1, 0.15) is 17.5 Å². The number of carbonyl (C=O) groups excluding carboxylic acids is 2. The average Bonchev–Trinajstić information content (AvgIpc) is 2.61. The first kappa shape index (κ1) is 18.8. The summed E-state index contributed by atoms with van der Waals surface area (Å²) in [5.41, 5.74) is 2.05. The van der Waals surface area contributed by atoms with Gasteiger partial charge in [-0.2, -0.15) is 0 Å². The standard InChI is InChI=1S/C19H20ClNO4/c1-14-2-8-17(9-3-14)24-11-10-19(23)25-13-18(22)21-12-15-4-6-16(20)7-5-15/h2-9H,10-13H2,1H3,(H,21,22). The predicted octanol–water partition coefficient (Wildman–Crippen LogP) is 3.28. The molecule has 6 heteroatoms. The molecule has 0 aromatic heterocycles. The topological polar surface area (TPSA) is 64.6 Å². The van der Waals surface area contributed by atoms with Crippen LogP contribution in [0.4, 0.5) is 0 Å². The Balaban J connectivity index is 1.59. The Morgan fingerprint density at radius 3 is 2.40 bits per heavy atom. The molecule has 2 aromatic rings. The highest BCUT2D eigenvalue weighted by Gasteiger charge is 2.08. The van der Waals surface area contributed by atoms with Crippen LogP contribution < -0.4 is 10.1 Å². The van der Waals surface area contributed by atoms with Crippen LogP contribution >= 0.6 is 11.6 Å². The minimum atomic E-state index is -0.478. The van der Waals surface area contributed by atoms with E-state index in [0.717, 1.165) is 11.1 Å². The molecule has 0 unspecified atom stereocenters. The van der Waals surface area contributed by atoms with Crippen LogP contribution in [0.2, 0.25) is 5.02 Å². The van der Waals surface area contributed by atoms with Gasteiger partial charge in [0.25, 0.3) is 5.91 Å². The van der Waals surface area contributed by atoms with Gasteiger partial charge in [0.2, 0.25) is 0 Å². The highest BCUT2D eigenvalue weighted by Crippen LogP contribution is 2.11. The summed E-state index contributed by atoms with van der Waals surface area (Å²) in [6.45, 7) is 2.23. The predicted molar refractivity (Wildman–Crippen MR) is 95.5 cm³/mol. The van der Waals surface area contributed by atoms with Crippen molar-refractivity contribution in [2.45, 2.75) is 19.9 Å². The number of nitrogens with one attached hydrogen (secondary N) is 1. The quantitative estimate of drug-likeness (QED) is 0.733. The summed E-state index contributed by atoms with van der Waals surface area (Å²) < 4.78 is 10.4. The first-order chi connectivity index (χ1) is 12.0. The lowest BCUT2D eigenvalue weighted by Crippen LogP contribution is -2.28. The van der Waals surface area contributed by atoms with Crippen molar-refractivity contribution >= 4 is 23.5 Å². The van der Waals surface area contributed by atoms with E-state index in [1.165, 1.54) is 0 Å². The summed E-state index contributed by atoms with van der Waals surface area (Å²) >= 11 is 5.79. The van der Waals surface area contributed by atoms with Crippen LogP contribution in [-0.2, 0) is 20.9 Å². The number of rotatable bonds is 8. The molecule has 1 N–H and O–H groups in total. The first-order valence-electron chi connectivity index (χ1n) is 7.89. The Morgan fingerprint density at radius 2 is 1.72 bits per heavy atom. The molecule has 0 aliphatic rings. The van der Waals surface area contributed by atoms with Gasteiger partial charge in [0.1, 0.15) is 5.75 Å². The third-order valence-corrected chi connectivity index (χ3v) is 3.62. The molecule has 0 atom stereocenters. The Hall–Kier alpha value is -2.53. The van der Waals surface area contributed by atoms with Gasteiger partial charge >= 0.3 is 5.97 Å². The fourth-order valence-electron chi connectivity index (χ4n) is 1.96. The molecular formula is C19H20ClNO4. The molecule has 0 radical (unpaired) electrons. The van der Waals surface area contributed by atoms with Gasteiger partial charge in [-0.05, 0) is 36.8 Å². The number of aryl methyl sites for hydroxylation is 1. The van der Waals surface area contributed by atoms with E-state index in [9.17, 15) is 9.59 Å². The third-order valence-electron chi connectivity index (χ3n) is 3.36. The maximum Gasteiger partial charge on any atom is 0.309 e. The molecule has 132 valence electrons. The van der Waals surface area contributed by atoms with E-state index in [4.69, 9.17) is 21.1 Å². The number of esters is 1. The zero-order valence-electron chi connectivity index (χ0n) is 14.0. The van der Waals surface area contributed by atoms with Crippen LogP contribution in [0.25, 0.3) is 0 Å². The van der Waals surface area contributed by atoms with Crippen LogP contribution in [0.15, 0.2) is 48.5 Å². The van der Waals surface area contributed by atoms with Crippen molar-refractivity contribution in [2.24, 2.45) is 0 Å². The lowest BCUT2D eigenvalue weighted by molar-refractivity contribution is -0.149. The molecular weight excluding hydrogens is 342 g/mol. The lowest BCUT2D eigenvalue weighted by atomic mass is 10.2. The molecule has 1 amide bonds. The number of amides is 1. The molecule has 25 heavy (non-hydrogen) atoms. The van der Waals surface area contributed by atoms with E-state index >= 15 is 0 Å². The molecule has 2 aromatic carbocycles. The average molecular weight is 362 g/mol. The van der Waals surface area contributed by atoms with Crippen molar-refractivity contribution in [3.63, 3.8) is 0 Å². The van der Waals surface area contributed by atoms with Gasteiger partial charge in [-0.3, -0.25) is 9.59 Å². The second-order valence-corrected chi connectivity index (χ2v) is 5.91. The summed E-state index contributed by atoms with van der Waals surface area (Å²) in [4.78, 5) is 23.3. The molecule has 0 saturated carbocycles. The Labute approximate surface area is 151 Å². The van der Waals surface area contributed by atoms with Crippen molar-refractivity contribution < 1.29 is 19.1 Å². The van der Waals surface area contributed by atoms with E-state index in [0.29, 0.717) is 17.3 Å². The lowest BCUT2D eigenvalue weighted by Gasteiger charge is -2.08. The number of hydrogen-bond donors (Lipinski definition) is 1. The normalized spacial score (nSPS) is 10.2. The van der Waals surface area contributed by atoms with Gasteiger partial charge in [0, 0.05) is 11.6 Å². The molecule has 0 heterocycles. The van der Waals surface area contributed by atoms with Gasteiger partial charge in [-0.15, -0.1) is 0 Å². The summed E-state index contributed by atoms with van der Waals surface area (Å²) in [5.74, 6) is -0.143. The van der Waals surface area contributed by atoms with Gasteiger partial charge in [-0.1, -0.05) is 41.4 Å². The Bertz CT molecular complexity index is 698. The van der Waals surface area contributed by atoms with Crippen molar-refractivity contribution in [3.05, 3.63) is 64.7 Å². The summed E-state index contributed by atoms with van der Waals surface area (Å²) in [7, 11) is 0. The van der Waals surface area contributed by atoms with Crippen LogP contribution in [-0.4, -0.2) is 25.1 Å². The SMILES string of the molecule is Cc1ccc(OCCC(=O)OCC(=O)NCc2ccc(Cl)cc2)cc1. The summed E-state index contributed by atoms with van der Waals surface area (Å²) in [6.07, 6.45) is 0.0817. The molecule has 0 bridgehead atoms. The molecule has 2 rings (SSSR count). The minimum Gasteiger partial charge on any atom is -0.493 e. The van der Waals surface area contributed by atoms with Crippen molar-refractivity contribution in [2.75, 3.05) is 13.2 Å². The van der Waals surface area contributed by atoms with Gasteiger partial charge in [0.05, 0.1) is 13.0 Å². The van der Waals surface area contributed by atoms with Gasteiger partial charge in [0.15, 0.2) is 6.61 Å². The number of ether oxygens (including phenoxy) is 2. The van der Waals surface area contributed by atoms with Crippen LogP contribution in [0.3, 0.4) is 0 Å². The van der Waals surface area contributed by atoms with Crippen LogP contribution in [0, 0.1) is 6.92 Å². The maximum atomic E-state index is 11.7. The highest BCUT2D eigenvalue weighted by molar-refractivity contribution is 6.30. The fraction of sp³-hybridized carbons (Fsp3) is 0.263. The smallest absolute Gasteiger partial charge is 0.309 e. The molecule has 0 spiro atoms. The number of hydrogen-bond acceptors (Lipinski definition) is 4. The van der Waals surface area contributed by atoms with E-state index in [1.807, 2.05) is 43.3 Å². The van der Waals surface area contributed by atoms with Crippen LogP contribution in [0.5, 0.6) is 5.75 Å². The van der Waals surface area contributed by atoms with E-state index in [2.05, 4.69) is 5.32 Å². The molecule has 0 aliphatic heterocycles. The fourth-order valence-corrected chi connectivity index (χ4v) is 2.08. The zero-order chi connectivity index (χ0) is 18.1. The van der Waals surface area contributed by atoms with E-state index in [1.54, 1.807) is 12.1 Å². The second kappa shape index (κ2) is 9.69. The van der Waals surface area contributed by atoms with Gasteiger partial charge in [-0.25, -0.2) is 0 Å². The van der Waals surface area contributed by atoms with E-state index in [-0.39, 0.29) is 25.5 Å². The highest BCUT2D eigenvalue weighted by atomic mass is 35.5. The Kier molecular flexibility index (Phi) is 7.29. The number of halogens is 1. The van der Waals surface area contributed by atoms with Crippen molar-refractivity contribution in [1.29, 1.82) is 0 Å². The summed E-state index contributed by atoms with van der Waals surface area (Å²) in [6, 6.07) is 14.7. The largest absolute Gasteiger partial charge is 0.493 e. The Morgan fingerprint density at radius 1 is 1.04 bits per heavy atom. The molecule has 0 aliphatic carbocycles. The number of benzene rings is 2. The number of carbonyl (C=O) groups is 2. The third kappa shape index (κ3) is 7.27. The zero-order valence-corrected chi connectivity index (χ0v) is 14.7. The molecule has 5 nitrogen and oxygen atoms in total. The monoisotopic (exact) mass is 361 g/mol. The van der Waals surface area contributed by atoms with Crippen molar-refractivity contribution in [1.82, 2.24) is 5.32 Å². The minimum absolute atomic E-state index is 0.0817.